The first-order chi connectivity index (χ1) is 14.9. The molecule has 31 heavy (non-hydrogen) atoms. The molecule has 0 bridgehead atoms. The number of amides is 1. The number of hydrogen-bond donors (Lipinski definition) is 0. The highest BCUT2D eigenvalue weighted by atomic mass is 16.5. The minimum atomic E-state index is -0.108. The third kappa shape index (κ3) is 4.00. The number of aromatic nitrogens is 2. The van der Waals surface area contributed by atoms with Crippen LogP contribution in [0.2, 0.25) is 0 Å². The van der Waals surface area contributed by atoms with Gasteiger partial charge in [-0.2, -0.15) is 4.98 Å². The lowest BCUT2D eigenvalue weighted by molar-refractivity contribution is -0.129. The van der Waals surface area contributed by atoms with Crippen LogP contribution in [0.3, 0.4) is 0 Å². The van der Waals surface area contributed by atoms with Gasteiger partial charge in [-0.1, -0.05) is 17.3 Å². The predicted molar refractivity (Wildman–Crippen MR) is 116 cm³/mol. The molecule has 1 saturated heterocycles. The van der Waals surface area contributed by atoms with Gasteiger partial charge in [-0.05, 0) is 61.7 Å². The zero-order chi connectivity index (χ0) is 22.1. The standard InChI is InChI=1S/C24H27N3O4/c1-14-6-7-18(10-15(14)2)24-25-23(26-31-24)19-12-22(28)27(13-19)16(3)17-8-9-20(29-4)21(11-17)30-5/h6-11,16,19H,12-13H2,1-5H3. The molecule has 0 N–H and O–H groups in total. The van der Waals surface area contributed by atoms with Crippen molar-refractivity contribution < 1.29 is 18.8 Å². The number of carbonyl (C=O) groups is 1. The summed E-state index contributed by atoms with van der Waals surface area (Å²) in [7, 11) is 3.21. The van der Waals surface area contributed by atoms with Gasteiger partial charge >= 0.3 is 0 Å². The molecule has 7 heteroatoms. The second-order valence-electron chi connectivity index (χ2n) is 7.99. The van der Waals surface area contributed by atoms with Crippen LogP contribution in [-0.2, 0) is 4.79 Å². The molecule has 4 rings (SSSR count). The molecule has 2 atom stereocenters. The van der Waals surface area contributed by atoms with Gasteiger partial charge in [0.05, 0.1) is 20.3 Å². The number of benzene rings is 2. The molecule has 1 fully saturated rings. The lowest BCUT2D eigenvalue weighted by atomic mass is 10.1. The van der Waals surface area contributed by atoms with E-state index in [4.69, 9.17) is 14.0 Å². The maximum atomic E-state index is 12.8. The van der Waals surface area contributed by atoms with Crippen molar-refractivity contribution in [3.05, 3.63) is 58.9 Å². The molecule has 162 valence electrons. The molecule has 1 amide bonds. The van der Waals surface area contributed by atoms with Crippen molar-refractivity contribution in [3.8, 4) is 23.0 Å². The van der Waals surface area contributed by atoms with E-state index in [9.17, 15) is 4.79 Å². The summed E-state index contributed by atoms with van der Waals surface area (Å²) in [6.45, 7) is 6.67. The fourth-order valence-corrected chi connectivity index (χ4v) is 3.96. The molecule has 1 aliphatic heterocycles. The van der Waals surface area contributed by atoms with Crippen molar-refractivity contribution in [1.29, 1.82) is 0 Å². The van der Waals surface area contributed by atoms with Crippen LogP contribution in [-0.4, -0.2) is 41.7 Å². The minimum absolute atomic E-state index is 0.0739. The van der Waals surface area contributed by atoms with Crippen LogP contribution in [0, 0.1) is 13.8 Å². The number of methoxy groups -OCH3 is 2. The lowest BCUT2D eigenvalue weighted by Gasteiger charge is -2.25. The summed E-state index contributed by atoms with van der Waals surface area (Å²) in [6.07, 6.45) is 0.365. The monoisotopic (exact) mass is 421 g/mol. The Balaban J connectivity index is 1.52. The average Bonchev–Trinajstić information content (AvgIpc) is 3.41. The van der Waals surface area contributed by atoms with Gasteiger partial charge in [-0.15, -0.1) is 0 Å². The fraction of sp³-hybridized carbons (Fsp3) is 0.375. The molecule has 2 heterocycles. The largest absolute Gasteiger partial charge is 0.493 e. The van der Waals surface area contributed by atoms with Gasteiger partial charge in [0.2, 0.25) is 5.91 Å². The van der Waals surface area contributed by atoms with Gasteiger partial charge in [0.1, 0.15) is 0 Å². The zero-order valence-electron chi connectivity index (χ0n) is 18.5. The Kier molecular flexibility index (Phi) is 5.67. The third-order valence-electron chi connectivity index (χ3n) is 6.08. The maximum absolute atomic E-state index is 12.8. The van der Waals surface area contributed by atoms with Crippen LogP contribution in [0.25, 0.3) is 11.5 Å². The summed E-state index contributed by atoms with van der Waals surface area (Å²) < 4.78 is 16.2. The smallest absolute Gasteiger partial charge is 0.257 e. The Morgan fingerprint density at radius 2 is 1.84 bits per heavy atom. The Bertz CT molecular complexity index is 1110. The Hall–Kier alpha value is -3.35. The molecule has 0 radical (unpaired) electrons. The number of likely N-dealkylation sites (tertiary alicyclic amines) is 1. The van der Waals surface area contributed by atoms with E-state index in [2.05, 4.69) is 24.0 Å². The molecule has 2 unspecified atom stereocenters. The number of ether oxygens (including phenoxy) is 2. The Labute approximate surface area is 182 Å². The molecule has 2 aromatic carbocycles. The summed E-state index contributed by atoms with van der Waals surface area (Å²) in [5.41, 5.74) is 4.25. The van der Waals surface area contributed by atoms with Gasteiger partial charge in [-0.25, -0.2) is 0 Å². The zero-order valence-corrected chi connectivity index (χ0v) is 18.5. The van der Waals surface area contributed by atoms with Crippen molar-refractivity contribution in [2.45, 2.75) is 39.2 Å². The molecule has 0 aliphatic carbocycles. The van der Waals surface area contributed by atoms with Crippen LogP contribution in [0.5, 0.6) is 11.5 Å². The molecular weight excluding hydrogens is 394 g/mol. The van der Waals surface area contributed by atoms with Gasteiger partial charge < -0.3 is 18.9 Å². The highest BCUT2D eigenvalue weighted by Crippen LogP contribution is 2.36. The first-order valence-electron chi connectivity index (χ1n) is 10.3. The van der Waals surface area contributed by atoms with Gasteiger partial charge in [-0.3, -0.25) is 4.79 Å². The summed E-state index contributed by atoms with van der Waals surface area (Å²) in [6, 6.07) is 11.7. The van der Waals surface area contributed by atoms with Crippen LogP contribution in [0.1, 0.15) is 47.8 Å². The van der Waals surface area contributed by atoms with Crippen molar-refractivity contribution in [1.82, 2.24) is 15.0 Å². The van der Waals surface area contributed by atoms with E-state index < -0.39 is 0 Å². The summed E-state index contributed by atoms with van der Waals surface area (Å²) in [5, 5.41) is 4.18. The molecule has 7 nitrogen and oxygen atoms in total. The SMILES string of the molecule is COc1ccc(C(C)N2CC(c3noc(-c4ccc(C)c(C)c4)n3)CC2=O)cc1OC. The molecule has 3 aromatic rings. The average molecular weight is 421 g/mol. The molecule has 1 aromatic heterocycles. The van der Waals surface area contributed by atoms with Crippen LogP contribution < -0.4 is 9.47 Å². The highest BCUT2D eigenvalue weighted by Gasteiger charge is 2.36. The van der Waals surface area contributed by atoms with E-state index in [0.717, 1.165) is 11.1 Å². The van der Waals surface area contributed by atoms with Crippen molar-refractivity contribution in [2.24, 2.45) is 0 Å². The number of nitrogens with zero attached hydrogens (tertiary/aromatic N) is 3. The van der Waals surface area contributed by atoms with Crippen LogP contribution in [0.4, 0.5) is 0 Å². The van der Waals surface area contributed by atoms with Gasteiger partial charge in [0.25, 0.3) is 5.89 Å². The number of aryl methyl sites for hydroxylation is 2. The molecule has 1 aliphatic rings. The fourth-order valence-electron chi connectivity index (χ4n) is 3.96. The van der Waals surface area contributed by atoms with E-state index in [-0.39, 0.29) is 17.9 Å². The summed E-state index contributed by atoms with van der Waals surface area (Å²) >= 11 is 0. The molecule has 0 spiro atoms. The highest BCUT2D eigenvalue weighted by molar-refractivity contribution is 5.80. The van der Waals surface area contributed by atoms with Crippen LogP contribution >= 0.6 is 0 Å². The van der Waals surface area contributed by atoms with E-state index in [0.29, 0.717) is 36.2 Å². The Morgan fingerprint density at radius 3 is 2.55 bits per heavy atom. The minimum Gasteiger partial charge on any atom is -0.493 e. The van der Waals surface area contributed by atoms with Crippen molar-refractivity contribution >= 4 is 5.91 Å². The van der Waals surface area contributed by atoms with E-state index in [1.807, 2.05) is 48.2 Å². The first kappa shape index (κ1) is 20.9. The van der Waals surface area contributed by atoms with E-state index in [1.165, 1.54) is 11.1 Å². The second kappa shape index (κ2) is 8.41. The second-order valence-corrected chi connectivity index (χ2v) is 7.99. The number of hydrogen-bond acceptors (Lipinski definition) is 6. The topological polar surface area (TPSA) is 77.7 Å². The van der Waals surface area contributed by atoms with E-state index in [1.54, 1.807) is 14.2 Å². The van der Waals surface area contributed by atoms with Gasteiger partial charge in [0.15, 0.2) is 17.3 Å². The number of rotatable bonds is 6. The first-order valence-corrected chi connectivity index (χ1v) is 10.3. The summed E-state index contributed by atoms with van der Waals surface area (Å²) in [5.74, 6) is 2.34. The summed E-state index contributed by atoms with van der Waals surface area (Å²) in [4.78, 5) is 19.2. The molecular formula is C24H27N3O4. The van der Waals surface area contributed by atoms with Gasteiger partial charge in [0, 0.05) is 24.4 Å². The van der Waals surface area contributed by atoms with E-state index >= 15 is 0 Å². The number of carbonyl (C=O) groups excluding carboxylic acids is 1. The third-order valence-corrected chi connectivity index (χ3v) is 6.08. The maximum Gasteiger partial charge on any atom is 0.257 e. The Morgan fingerprint density at radius 1 is 1.06 bits per heavy atom. The van der Waals surface area contributed by atoms with Crippen LogP contribution in [0.15, 0.2) is 40.9 Å². The quantitative estimate of drug-likeness (QED) is 0.585. The lowest BCUT2D eigenvalue weighted by Crippen LogP contribution is -2.28. The van der Waals surface area contributed by atoms with Crippen molar-refractivity contribution in [2.75, 3.05) is 20.8 Å². The van der Waals surface area contributed by atoms with Crippen molar-refractivity contribution in [3.63, 3.8) is 0 Å². The molecule has 0 saturated carbocycles. The normalized spacial score (nSPS) is 17.1. The predicted octanol–water partition coefficient (Wildman–Crippen LogP) is 4.45.